The van der Waals surface area contributed by atoms with E-state index in [0.29, 0.717) is 23.8 Å². The lowest BCUT2D eigenvalue weighted by molar-refractivity contribution is -0.192. The number of halogens is 3. The highest BCUT2D eigenvalue weighted by atomic mass is 19.4. The number of aromatic nitrogens is 1. The average Bonchev–Trinajstić information content (AvgIpc) is 2.66. The maximum absolute atomic E-state index is 12.9. The fraction of sp³-hybridized carbons (Fsp3) is 0.579. The molecule has 1 amide bonds. The number of amides is 1. The van der Waals surface area contributed by atoms with Gasteiger partial charge in [0.1, 0.15) is 0 Å². The van der Waals surface area contributed by atoms with Gasteiger partial charge in [0.2, 0.25) is 5.88 Å². The van der Waals surface area contributed by atoms with Crippen molar-refractivity contribution in [1.82, 2.24) is 10.3 Å². The van der Waals surface area contributed by atoms with E-state index < -0.39 is 18.1 Å². The highest BCUT2D eigenvalue weighted by Crippen LogP contribution is 2.27. The van der Waals surface area contributed by atoms with E-state index in [1.54, 1.807) is 12.3 Å². The quantitative estimate of drug-likeness (QED) is 0.560. The number of nitrogens with one attached hydrogen (secondary N) is 1. The molecule has 4 N–H and O–H groups in total. The molecule has 30 heavy (non-hydrogen) atoms. The van der Waals surface area contributed by atoms with Crippen molar-refractivity contribution in [2.45, 2.75) is 39.3 Å². The number of carboxylic acids is 1. The molecule has 0 aliphatic carbocycles. The monoisotopic (exact) mass is 433 g/mol. The number of carboxylic acid groups (broad SMARTS) is 1. The largest absolute Gasteiger partial charge is 0.490 e. The van der Waals surface area contributed by atoms with Crippen molar-refractivity contribution in [3.8, 4) is 5.88 Å². The normalized spacial score (nSPS) is 14.6. The maximum atomic E-state index is 12.9. The molecule has 2 rings (SSSR count). The van der Waals surface area contributed by atoms with Crippen LogP contribution in [-0.4, -0.2) is 53.6 Å². The lowest BCUT2D eigenvalue weighted by atomic mass is 9.86. The lowest BCUT2D eigenvalue weighted by Crippen LogP contribution is -2.32. The second-order valence-corrected chi connectivity index (χ2v) is 7.19. The molecular weight excluding hydrogens is 407 g/mol. The first-order valence-corrected chi connectivity index (χ1v) is 9.37. The van der Waals surface area contributed by atoms with Crippen molar-refractivity contribution >= 4 is 17.7 Å². The molecule has 0 saturated carbocycles. The molecule has 1 aromatic rings. The molecule has 2 heterocycles. The molecule has 0 atom stereocenters. The summed E-state index contributed by atoms with van der Waals surface area (Å²) in [5.41, 5.74) is 6.59. The number of hydrogen-bond acceptors (Lipinski definition) is 6. The average molecular weight is 433 g/mol. The Bertz CT molecular complexity index is 747. The minimum absolute atomic E-state index is 0.0357. The molecule has 1 fully saturated rings. The third-order valence-electron chi connectivity index (χ3n) is 4.20. The van der Waals surface area contributed by atoms with E-state index in [1.807, 2.05) is 0 Å². The highest BCUT2D eigenvalue weighted by Gasteiger charge is 2.38. The van der Waals surface area contributed by atoms with Crippen LogP contribution in [0.1, 0.15) is 42.6 Å². The summed E-state index contributed by atoms with van der Waals surface area (Å²) in [6.45, 7) is 5.65. The Morgan fingerprint density at radius 1 is 1.30 bits per heavy atom. The molecule has 0 spiro atoms. The van der Waals surface area contributed by atoms with Gasteiger partial charge in [-0.25, -0.2) is 9.78 Å². The molecule has 0 bridgehead atoms. The maximum Gasteiger partial charge on any atom is 0.490 e. The summed E-state index contributed by atoms with van der Waals surface area (Å²) >= 11 is 0. The molecule has 1 aliphatic heterocycles. The van der Waals surface area contributed by atoms with Gasteiger partial charge < -0.3 is 20.9 Å². The summed E-state index contributed by atoms with van der Waals surface area (Å²) in [4.78, 5) is 37.0. The zero-order chi connectivity index (χ0) is 22.9. The van der Waals surface area contributed by atoms with Crippen LogP contribution in [-0.2, 0) is 16.0 Å². The molecule has 0 unspecified atom stereocenters. The van der Waals surface area contributed by atoms with Gasteiger partial charge in [-0.15, -0.1) is 0 Å². The number of rotatable bonds is 7. The van der Waals surface area contributed by atoms with Crippen LogP contribution in [0.2, 0.25) is 0 Å². The predicted molar refractivity (Wildman–Crippen MR) is 101 cm³/mol. The van der Waals surface area contributed by atoms with Crippen molar-refractivity contribution in [2.75, 3.05) is 19.7 Å². The first-order chi connectivity index (χ1) is 13.9. The summed E-state index contributed by atoms with van der Waals surface area (Å²) in [7, 11) is 0. The number of hydrogen-bond donors (Lipinski definition) is 3. The predicted octanol–water partition coefficient (Wildman–Crippen LogP) is 1.96. The molecule has 11 heteroatoms. The number of Topliss-reactive ketones (excluding diaryl/α,β-unsaturated/α-hetero) is 1. The Kier molecular flexibility index (Phi) is 9.70. The molecule has 1 saturated heterocycles. The van der Waals surface area contributed by atoms with Gasteiger partial charge in [-0.1, -0.05) is 13.8 Å². The molecule has 168 valence electrons. The van der Waals surface area contributed by atoms with Gasteiger partial charge in [0.25, 0.3) is 5.91 Å². The summed E-state index contributed by atoms with van der Waals surface area (Å²) in [6, 6.07) is 1.76. The molecule has 8 nitrogen and oxygen atoms in total. The third-order valence-corrected chi connectivity index (χ3v) is 4.20. The molecular formula is C19H26F3N3O5. The number of piperidine rings is 1. The standard InChI is InChI=1S/C17H25N3O3.C2HF3O2/c1-11(2)9-14-13(16(22)12-3-6-19-7-4-12)5-8-20-17(14)23-10-15(18)21;3-2(4,5)1(6)7/h5,8,11-12,19H,3-4,6-7,9-10H2,1-2H3,(H2,18,21);(H,6,7). The van der Waals surface area contributed by atoms with E-state index in [0.717, 1.165) is 31.5 Å². The topological polar surface area (TPSA) is 132 Å². The highest BCUT2D eigenvalue weighted by molar-refractivity contribution is 5.99. The number of ketones is 1. The second kappa shape index (κ2) is 11.5. The van der Waals surface area contributed by atoms with Gasteiger partial charge in [-0.2, -0.15) is 13.2 Å². The third kappa shape index (κ3) is 8.36. The van der Waals surface area contributed by atoms with Crippen LogP contribution in [0.5, 0.6) is 5.88 Å². The first kappa shape index (κ1) is 25.3. The second-order valence-electron chi connectivity index (χ2n) is 7.19. The van der Waals surface area contributed by atoms with Crippen molar-refractivity contribution in [3.05, 3.63) is 23.4 Å². The molecule has 1 aromatic heterocycles. The smallest absolute Gasteiger partial charge is 0.475 e. The Morgan fingerprint density at radius 3 is 2.33 bits per heavy atom. The fourth-order valence-electron chi connectivity index (χ4n) is 2.88. The van der Waals surface area contributed by atoms with Gasteiger partial charge in [-0.05, 0) is 44.3 Å². The van der Waals surface area contributed by atoms with Gasteiger partial charge in [-0.3, -0.25) is 9.59 Å². The molecule has 0 radical (unpaired) electrons. The van der Waals surface area contributed by atoms with Crippen LogP contribution in [0, 0.1) is 11.8 Å². The van der Waals surface area contributed by atoms with Crippen molar-refractivity contribution in [1.29, 1.82) is 0 Å². The number of ether oxygens (including phenoxy) is 1. The molecule has 1 aliphatic rings. The zero-order valence-electron chi connectivity index (χ0n) is 16.8. The molecule has 0 aromatic carbocycles. The number of carbonyl (C=O) groups excluding carboxylic acids is 2. The van der Waals surface area contributed by atoms with E-state index in [9.17, 15) is 22.8 Å². The first-order valence-electron chi connectivity index (χ1n) is 9.37. The Balaban J connectivity index is 0.000000553. The Labute approximate surface area is 172 Å². The minimum Gasteiger partial charge on any atom is -0.475 e. The van der Waals surface area contributed by atoms with E-state index in [4.69, 9.17) is 20.4 Å². The number of nitrogens with zero attached hydrogens (tertiary/aromatic N) is 1. The summed E-state index contributed by atoms with van der Waals surface area (Å²) in [6.07, 6.45) is -1.15. The van der Waals surface area contributed by atoms with Crippen LogP contribution < -0.4 is 15.8 Å². The SMILES string of the molecule is CC(C)Cc1c(C(=O)C2CCNCC2)ccnc1OCC(N)=O.O=C(O)C(F)(F)F. The van der Waals surface area contributed by atoms with E-state index >= 15 is 0 Å². The van der Waals surface area contributed by atoms with Gasteiger partial charge >= 0.3 is 12.1 Å². The van der Waals surface area contributed by atoms with Gasteiger partial charge in [0.05, 0.1) is 0 Å². The van der Waals surface area contributed by atoms with Crippen LogP contribution in [0.15, 0.2) is 12.3 Å². The number of primary amides is 1. The Hall–Kier alpha value is -2.69. The van der Waals surface area contributed by atoms with E-state index in [1.165, 1.54) is 0 Å². The van der Waals surface area contributed by atoms with E-state index in [-0.39, 0.29) is 18.3 Å². The van der Waals surface area contributed by atoms with Crippen LogP contribution in [0.4, 0.5) is 13.2 Å². The number of alkyl halides is 3. The van der Waals surface area contributed by atoms with Crippen LogP contribution in [0.25, 0.3) is 0 Å². The van der Waals surface area contributed by atoms with Crippen LogP contribution in [0.3, 0.4) is 0 Å². The summed E-state index contributed by atoms with van der Waals surface area (Å²) in [5, 5.41) is 10.4. The van der Waals surface area contributed by atoms with Gasteiger partial charge in [0, 0.05) is 23.2 Å². The minimum atomic E-state index is -5.08. The lowest BCUT2D eigenvalue weighted by Gasteiger charge is -2.23. The number of aliphatic carboxylic acids is 1. The number of nitrogens with two attached hydrogens (primary N) is 1. The van der Waals surface area contributed by atoms with Crippen LogP contribution >= 0.6 is 0 Å². The number of pyridine rings is 1. The zero-order valence-corrected chi connectivity index (χ0v) is 16.8. The summed E-state index contributed by atoms with van der Waals surface area (Å²) < 4.78 is 37.2. The number of carbonyl (C=O) groups is 3. The van der Waals surface area contributed by atoms with Gasteiger partial charge in [0.15, 0.2) is 12.4 Å². The van der Waals surface area contributed by atoms with Crippen molar-refractivity contribution in [2.24, 2.45) is 17.6 Å². The van der Waals surface area contributed by atoms with Crippen molar-refractivity contribution < 1.29 is 37.4 Å². The van der Waals surface area contributed by atoms with Crippen molar-refractivity contribution in [3.63, 3.8) is 0 Å². The fourth-order valence-corrected chi connectivity index (χ4v) is 2.88. The Morgan fingerprint density at radius 2 is 1.87 bits per heavy atom. The summed E-state index contributed by atoms with van der Waals surface area (Å²) in [5.74, 6) is -2.45. The van der Waals surface area contributed by atoms with E-state index in [2.05, 4.69) is 24.1 Å².